The zero-order valence-electron chi connectivity index (χ0n) is 9.75. The first-order valence-electron chi connectivity index (χ1n) is 5.67. The second-order valence-electron chi connectivity index (χ2n) is 5.05. The molecule has 16 heavy (non-hydrogen) atoms. The van der Waals surface area contributed by atoms with E-state index >= 15 is 0 Å². The molecule has 1 aliphatic carbocycles. The van der Waals surface area contributed by atoms with Gasteiger partial charge in [-0.15, -0.1) is 0 Å². The summed E-state index contributed by atoms with van der Waals surface area (Å²) in [7, 11) is 0. The summed E-state index contributed by atoms with van der Waals surface area (Å²) in [6.07, 6.45) is 0. The Labute approximate surface area is 113 Å². The summed E-state index contributed by atoms with van der Waals surface area (Å²) < 4.78 is 1.53. The van der Waals surface area contributed by atoms with Crippen molar-refractivity contribution in [1.29, 1.82) is 0 Å². The summed E-state index contributed by atoms with van der Waals surface area (Å²) >= 11 is 0.716. The van der Waals surface area contributed by atoms with Crippen LogP contribution >= 0.6 is 0 Å². The minimum atomic E-state index is 0.174. The van der Waals surface area contributed by atoms with Crippen molar-refractivity contribution < 1.29 is 26.1 Å². The summed E-state index contributed by atoms with van der Waals surface area (Å²) in [5, 5.41) is 0. The molecule has 0 heterocycles. The van der Waals surface area contributed by atoms with Crippen LogP contribution in [0.4, 0.5) is 0 Å². The molecule has 0 aliphatic heterocycles. The van der Waals surface area contributed by atoms with E-state index in [-0.39, 0.29) is 5.41 Å². The monoisotopic (exact) mass is 395 g/mol. The quantitative estimate of drug-likeness (QED) is 0.603. The van der Waals surface area contributed by atoms with Gasteiger partial charge in [-0.25, -0.2) is 0 Å². The Morgan fingerprint density at radius 2 is 1.56 bits per heavy atom. The van der Waals surface area contributed by atoms with Gasteiger partial charge in [0.15, 0.2) is 0 Å². The van der Waals surface area contributed by atoms with E-state index < -0.39 is 0 Å². The van der Waals surface area contributed by atoms with Crippen LogP contribution in [0.2, 0.25) is 0 Å². The van der Waals surface area contributed by atoms with Gasteiger partial charge in [-0.1, -0.05) is 0 Å². The number of hydrogen-bond acceptors (Lipinski definition) is 0. The van der Waals surface area contributed by atoms with Crippen molar-refractivity contribution >= 4 is 3.07 Å². The predicted molar refractivity (Wildman–Crippen MR) is 63.6 cm³/mol. The fourth-order valence-corrected chi connectivity index (χ4v) is 4.02. The van der Waals surface area contributed by atoms with E-state index in [0.29, 0.717) is 26.1 Å². The van der Waals surface area contributed by atoms with Crippen molar-refractivity contribution in [3.05, 3.63) is 53.6 Å². The third-order valence-corrected chi connectivity index (χ3v) is 5.36. The third-order valence-electron chi connectivity index (χ3n) is 3.65. The molecule has 0 nitrogen and oxygen atoms in total. The van der Waals surface area contributed by atoms with Gasteiger partial charge in [-0.05, 0) is 0 Å². The maximum atomic E-state index is 2.39. The molecule has 0 saturated carbocycles. The zero-order valence-corrected chi connectivity index (χ0v) is 15.2. The minimum absolute atomic E-state index is 0.174. The Kier molecular flexibility index (Phi) is 2.26. The van der Waals surface area contributed by atoms with Gasteiger partial charge in [-0.2, -0.15) is 0 Å². The molecule has 0 N–H and O–H groups in total. The van der Waals surface area contributed by atoms with Gasteiger partial charge < -0.3 is 0 Å². The summed E-state index contributed by atoms with van der Waals surface area (Å²) in [5.41, 5.74) is 6.04. The SMILES string of the molecule is CC1(C)c2ccccc2-c2c[c]([Hg])ccc21. The first-order chi connectivity index (χ1) is 7.60. The average Bonchev–Trinajstić information content (AvgIpc) is 2.49. The molecule has 0 saturated heterocycles. The molecule has 0 aromatic heterocycles. The van der Waals surface area contributed by atoms with Gasteiger partial charge in [0.2, 0.25) is 0 Å². The van der Waals surface area contributed by atoms with E-state index in [1.165, 1.54) is 25.3 Å². The number of fused-ring (bicyclic) bond motifs is 3. The molecule has 1 aliphatic rings. The van der Waals surface area contributed by atoms with Crippen LogP contribution in [0.1, 0.15) is 25.0 Å². The second kappa shape index (κ2) is 3.43. The molecule has 3 rings (SSSR count). The van der Waals surface area contributed by atoms with Crippen molar-refractivity contribution in [2.45, 2.75) is 19.3 Å². The summed E-state index contributed by atoms with van der Waals surface area (Å²) in [6, 6.07) is 15.9. The van der Waals surface area contributed by atoms with E-state index in [9.17, 15) is 0 Å². The Morgan fingerprint density at radius 1 is 0.875 bits per heavy atom. The Bertz CT molecular complexity index is 567. The Morgan fingerprint density at radius 3 is 2.38 bits per heavy atom. The van der Waals surface area contributed by atoms with Crippen molar-refractivity contribution in [2.24, 2.45) is 0 Å². The molecule has 2 aromatic carbocycles. The van der Waals surface area contributed by atoms with Gasteiger partial charge in [0, 0.05) is 0 Å². The summed E-state index contributed by atoms with van der Waals surface area (Å²) in [6.45, 7) is 4.66. The molecule has 0 fully saturated rings. The molecule has 0 radical (unpaired) electrons. The molecule has 0 spiro atoms. The normalized spacial score (nSPS) is 15.8. The van der Waals surface area contributed by atoms with E-state index in [1.807, 2.05) is 0 Å². The molecule has 1 heteroatoms. The topological polar surface area (TPSA) is 0 Å². The molecule has 0 amide bonds. The molecule has 0 atom stereocenters. The van der Waals surface area contributed by atoms with Crippen molar-refractivity contribution in [1.82, 2.24) is 0 Å². The molecule has 75 valence electrons. The third kappa shape index (κ3) is 1.32. The van der Waals surface area contributed by atoms with Crippen molar-refractivity contribution in [2.75, 3.05) is 0 Å². The fraction of sp³-hybridized carbons (Fsp3) is 0.200. The number of hydrogen-bond donors (Lipinski definition) is 0. The van der Waals surface area contributed by atoms with Gasteiger partial charge in [0.1, 0.15) is 0 Å². The van der Waals surface area contributed by atoms with Crippen LogP contribution in [0, 0.1) is 0 Å². The van der Waals surface area contributed by atoms with Crippen LogP contribution < -0.4 is 3.07 Å². The zero-order chi connectivity index (χ0) is 11.3. The fourth-order valence-electron chi connectivity index (χ4n) is 2.77. The maximum absolute atomic E-state index is 2.39. The average molecular weight is 394 g/mol. The first-order valence-corrected chi connectivity index (χ1v) is 8.42. The molecular weight excluding hydrogens is 381 g/mol. The van der Waals surface area contributed by atoms with Crippen molar-refractivity contribution in [3.63, 3.8) is 0 Å². The number of benzene rings is 2. The van der Waals surface area contributed by atoms with E-state index in [1.54, 1.807) is 0 Å². The summed E-state index contributed by atoms with van der Waals surface area (Å²) in [5.74, 6) is 0. The molecule has 2 aromatic rings. The van der Waals surface area contributed by atoms with Crippen molar-refractivity contribution in [3.8, 4) is 11.1 Å². The van der Waals surface area contributed by atoms with Crippen LogP contribution in [0.5, 0.6) is 0 Å². The Balaban J connectivity index is 2.40. The first kappa shape index (κ1) is 10.5. The van der Waals surface area contributed by atoms with Crippen LogP contribution in [0.3, 0.4) is 0 Å². The standard InChI is InChI=1S/C15H13.Hg/c1-15(2)13-9-5-3-7-11(13)12-8-4-6-10-14(12)15;/h3,5-10H,1-2H3;. The second-order valence-corrected chi connectivity index (χ2v) is 8.22. The molecular formula is C15H13Hg. The number of rotatable bonds is 0. The van der Waals surface area contributed by atoms with Crippen LogP contribution in [-0.2, 0) is 31.5 Å². The molecule has 0 unspecified atom stereocenters. The summed E-state index contributed by atoms with van der Waals surface area (Å²) in [4.78, 5) is 0. The molecule has 0 bridgehead atoms. The van der Waals surface area contributed by atoms with Crippen LogP contribution in [0.25, 0.3) is 11.1 Å². The van der Waals surface area contributed by atoms with E-state index in [2.05, 4.69) is 56.3 Å². The predicted octanol–water partition coefficient (Wildman–Crippen LogP) is 3.17. The van der Waals surface area contributed by atoms with Gasteiger partial charge in [-0.3, -0.25) is 0 Å². The van der Waals surface area contributed by atoms with Gasteiger partial charge in [0.25, 0.3) is 0 Å². The Hall–Kier alpha value is -0.625. The van der Waals surface area contributed by atoms with Crippen LogP contribution in [-0.4, -0.2) is 0 Å². The van der Waals surface area contributed by atoms with Gasteiger partial charge in [0.05, 0.1) is 0 Å². The van der Waals surface area contributed by atoms with E-state index in [0.717, 1.165) is 0 Å². The van der Waals surface area contributed by atoms with Crippen LogP contribution in [0.15, 0.2) is 42.5 Å². The van der Waals surface area contributed by atoms with Gasteiger partial charge >= 0.3 is 113 Å². The van der Waals surface area contributed by atoms with E-state index in [4.69, 9.17) is 0 Å².